The van der Waals surface area contributed by atoms with Crippen LogP contribution in [0.15, 0.2) is 36.5 Å². The third-order valence-corrected chi connectivity index (χ3v) is 4.05. The Morgan fingerprint density at radius 1 is 1.29 bits per heavy atom. The summed E-state index contributed by atoms with van der Waals surface area (Å²) >= 11 is 0. The van der Waals surface area contributed by atoms with Crippen LogP contribution in [0.25, 0.3) is 17.0 Å². The van der Waals surface area contributed by atoms with Crippen LogP contribution in [0.1, 0.15) is 18.5 Å². The monoisotopic (exact) mass is 224 g/mol. The second-order valence-corrected chi connectivity index (χ2v) is 5.15. The first-order chi connectivity index (χ1) is 8.34. The van der Waals surface area contributed by atoms with Crippen LogP contribution in [0.2, 0.25) is 0 Å². The van der Waals surface area contributed by atoms with E-state index in [1.807, 2.05) is 0 Å². The highest BCUT2D eigenvalue weighted by atomic mass is 15.2. The van der Waals surface area contributed by atoms with E-state index >= 15 is 0 Å². The molecule has 2 aromatic rings. The zero-order chi connectivity index (χ0) is 11.4. The van der Waals surface area contributed by atoms with E-state index in [0.717, 1.165) is 6.54 Å². The first-order valence-electron chi connectivity index (χ1n) is 6.33. The molecule has 84 valence electrons. The largest absolute Gasteiger partial charge is 0.287 e. The van der Waals surface area contributed by atoms with Crippen molar-refractivity contribution in [2.24, 2.45) is 0 Å². The molecule has 0 amide bonds. The molecule has 1 N–H and O–H groups in total. The van der Waals surface area contributed by atoms with Crippen molar-refractivity contribution < 1.29 is 9.47 Å². The fraction of sp³-hybridized carbons (Fsp3) is 0.267. The lowest BCUT2D eigenvalue weighted by Gasteiger charge is -2.27. The van der Waals surface area contributed by atoms with Gasteiger partial charge in [0, 0.05) is 18.6 Å². The number of benzene rings is 1. The Morgan fingerprint density at radius 3 is 3.18 bits per heavy atom. The van der Waals surface area contributed by atoms with E-state index in [-0.39, 0.29) is 0 Å². The van der Waals surface area contributed by atoms with Crippen molar-refractivity contribution in [2.75, 3.05) is 13.1 Å². The highest BCUT2D eigenvalue weighted by molar-refractivity contribution is 5.89. The molecule has 2 atom stereocenters. The van der Waals surface area contributed by atoms with Crippen molar-refractivity contribution in [3.05, 3.63) is 42.1 Å². The van der Waals surface area contributed by atoms with E-state index in [9.17, 15) is 0 Å². The third kappa shape index (κ3) is 1.16. The molecular formula is C15H16N2+2. The summed E-state index contributed by atoms with van der Waals surface area (Å²) < 4.78 is 2.44. The van der Waals surface area contributed by atoms with E-state index in [2.05, 4.69) is 54.1 Å². The maximum atomic E-state index is 2.44. The molecule has 0 radical (unpaired) electrons. The van der Waals surface area contributed by atoms with Gasteiger partial charge in [-0.05, 0) is 30.4 Å². The van der Waals surface area contributed by atoms with Gasteiger partial charge in [-0.1, -0.05) is 0 Å². The normalized spacial score (nSPS) is 25.2. The molecule has 4 rings (SSSR count). The zero-order valence-electron chi connectivity index (χ0n) is 9.98. The van der Waals surface area contributed by atoms with Crippen LogP contribution in [-0.4, -0.2) is 13.1 Å². The quantitative estimate of drug-likeness (QED) is 0.645. The summed E-state index contributed by atoms with van der Waals surface area (Å²) in [7, 11) is 0. The van der Waals surface area contributed by atoms with E-state index in [1.54, 1.807) is 4.90 Å². The highest BCUT2D eigenvalue weighted by Gasteiger charge is 2.36. The third-order valence-electron chi connectivity index (χ3n) is 4.05. The van der Waals surface area contributed by atoms with Crippen LogP contribution < -0.4 is 9.47 Å². The summed E-state index contributed by atoms with van der Waals surface area (Å²) in [6.45, 7) is 4.64. The van der Waals surface area contributed by atoms with Crippen molar-refractivity contribution >= 4 is 22.7 Å². The van der Waals surface area contributed by atoms with Gasteiger partial charge in [0.15, 0.2) is 6.20 Å². The summed E-state index contributed by atoms with van der Waals surface area (Å²) in [5, 5.41) is 1.37. The molecule has 2 unspecified atom stereocenters. The molecule has 1 aromatic carbocycles. The van der Waals surface area contributed by atoms with Gasteiger partial charge >= 0.3 is 0 Å². The summed E-state index contributed by atoms with van der Waals surface area (Å²) in [5.41, 5.74) is 4.33. The van der Waals surface area contributed by atoms with Gasteiger partial charge in [-0.15, -0.1) is 0 Å². The van der Waals surface area contributed by atoms with Gasteiger partial charge < -0.3 is 0 Å². The van der Waals surface area contributed by atoms with E-state index in [0.29, 0.717) is 6.04 Å². The van der Waals surface area contributed by atoms with Gasteiger partial charge in [0.2, 0.25) is 11.7 Å². The highest BCUT2D eigenvalue weighted by Crippen LogP contribution is 2.27. The van der Waals surface area contributed by atoms with Gasteiger partial charge in [0.25, 0.3) is 5.52 Å². The zero-order valence-corrected chi connectivity index (χ0v) is 9.98. The topological polar surface area (TPSA) is 8.32 Å². The fourth-order valence-electron chi connectivity index (χ4n) is 3.30. The minimum Gasteiger partial charge on any atom is -0.287 e. The van der Waals surface area contributed by atoms with Crippen molar-refractivity contribution in [1.82, 2.24) is 0 Å². The average Bonchev–Trinajstić information content (AvgIpc) is 2.37. The Kier molecular flexibility index (Phi) is 1.75. The second kappa shape index (κ2) is 3.17. The molecule has 0 bridgehead atoms. The molecule has 2 heteroatoms. The molecule has 2 aliphatic heterocycles. The summed E-state index contributed by atoms with van der Waals surface area (Å²) in [6.07, 6.45) is 6.79. The minimum absolute atomic E-state index is 0.586. The summed E-state index contributed by atoms with van der Waals surface area (Å²) in [4.78, 5) is 1.62. The first kappa shape index (κ1) is 9.37. The Labute approximate surface area is 101 Å². The van der Waals surface area contributed by atoms with Gasteiger partial charge in [-0.25, -0.2) is 0 Å². The Bertz CT molecular complexity index is 643. The summed E-state index contributed by atoms with van der Waals surface area (Å²) in [5.74, 6) is 0. The van der Waals surface area contributed by atoms with Crippen LogP contribution >= 0.6 is 0 Å². The number of pyridine rings is 1. The van der Waals surface area contributed by atoms with Gasteiger partial charge in [-0.3, -0.25) is 4.90 Å². The van der Waals surface area contributed by atoms with E-state index in [1.165, 1.54) is 28.7 Å². The lowest BCUT2D eigenvalue weighted by molar-refractivity contribution is -0.877. The van der Waals surface area contributed by atoms with Crippen LogP contribution in [-0.2, 0) is 0 Å². The smallest absolute Gasteiger partial charge is 0.274 e. The maximum absolute atomic E-state index is 2.44. The van der Waals surface area contributed by atoms with Gasteiger partial charge in [0.05, 0.1) is 5.39 Å². The molecular weight excluding hydrogens is 208 g/mol. The van der Waals surface area contributed by atoms with Crippen molar-refractivity contribution in [2.45, 2.75) is 13.0 Å². The van der Waals surface area contributed by atoms with Crippen LogP contribution in [0.5, 0.6) is 0 Å². The molecule has 0 saturated heterocycles. The minimum atomic E-state index is 0.586. The second-order valence-electron chi connectivity index (χ2n) is 5.15. The lowest BCUT2D eigenvalue weighted by Crippen LogP contribution is -3.10. The van der Waals surface area contributed by atoms with Crippen LogP contribution in [0.3, 0.4) is 0 Å². The Balaban J connectivity index is 2.21. The molecule has 17 heavy (non-hydrogen) atoms. The number of aromatic nitrogens is 1. The maximum Gasteiger partial charge on any atom is 0.274 e. The predicted molar refractivity (Wildman–Crippen MR) is 68.2 cm³/mol. The van der Waals surface area contributed by atoms with Gasteiger partial charge in [-0.2, -0.15) is 4.57 Å². The van der Waals surface area contributed by atoms with Crippen molar-refractivity contribution in [1.29, 1.82) is 0 Å². The summed E-state index contributed by atoms with van der Waals surface area (Å²) in [6, 6.07) is 9.47. The average molecular weight is 224 g/mol. The van der Waals surface area contributed by atoms with Crippen molar-refractivity contribution in [3.8, 4) is 0 Å². The SMILES string of the molecule is CC1C[NH+]2CC=Cc3ccc4ccc[n+]1c4c32. The van der Waals surface area contributed by atoms with Crippen molar-refractivity contribution in [3.63, 3.8) is 0 Å². The molecule has 1 aromatic heterocycles. The predicted octanol–water partition coefficient (Wildman–Crippen LogP) is 1.25. The number of rotatable bonds is 0. The molecule has 2 aliphatic rings. The fourth-order valence-corrected chi connectivity index (χ4v) is 3.30. The van der Waals surface area contributed by atoms with Crippen LogP contribution in [0, 0.1) is 0 Å². The first-order valence-corrected chi connectivity index (χ1v) is 6.33. The van der Waals surface area contributed by atoms with E-state index in [4.69, 9.17) is 0 Å². The van der Waals surface area contributed by atoms with E-state index < -0.39 is 0 Å². The number of quaternary nitrogens is 1. The standard InChI is InChI=1S/C15H15N2/c1-11-10-16-8-2-4-12-6-7-13-5-3-9-17(11)15(13)14(12)16/h2-7,9,11H,8,10H2,1H3/q+1/p+1. The molecule has 0 aliphatic carbocycles. The molecule has 0 spiro atoms. The lowest BCUT2D eigenvalue weighted by atomic mass is 10.00. The molecule has 0 fully saturated rings. The Morgan fingerprint density at radius 2 is 2.24 bits per heavy atom. The number of nitrogens with one attached hydrogen (secondary N) is 1. The molecule has 2 nitrogen and oxygen atoms in total. The molecule has 0 saturated carbocycles. The Hall–Kier alpha value is -1.67. The molecule has 3 heterocycles. The number of nitrogens with zero attached hydrogens (tertiary/aromatic N) is 1. The number of hydrogen-bond acceptors (Lipinski definition) is 0. The van der Waals surface area contributed by atoms with Gasteiger partial charge in [0.1, 0.15) is 13.1 Å². The number of hydrogen-bond donors (Lipinski definition) is 1. The van der Waals surface area contributed by atoms with Crippen LogP contribution in [0.4, 0.5) is 5.69 Å².